The van der Waals surface area contributed by atoms with E-state index in [1.54, 1.807) is 17.3 Å². The van der Waals surface area contributed by atoms with Crippen LogP contribution >= 0.6 is 22.9 Å². The monoisotopic (exact) mass is 588 g/mol. The summed E-state index contributed by atoms with van der Waals surface area (Å²) in [7, 11) is -0.788. The van der Waals surface area contributed by atoms with Crippen molar-refractivity contribution in [1.82, 2.24) is 14.3 Å². The molecule has 0 aliphatic rings. The van der Waals surface area contributed by atoms with E-state index in [9.17, 15) is 13.2 Å². The van der Waals surface area contributed by atoms with Gasteiger partial charge in [-0.3, -0.25) is 14.7 Å². The number of methoxy groups -OCH3 is 2. The van der Waals surface area contributed by atoms with Gasteiger partial charge in [0.05, 0.1) is 34.9 Å². The summed E-state index contributed by atoms with van der Waals surface area (Å²) in [5.41, 5.74) is 2.90. The highest BCUT2D eigenvalue weighted by Crippen LogP contribution is 2.34. The van der Waals surface area contributed by atoms with Crippen molar-refractivity contribution >= 4 is 54.2 Å². The Morgan fingerprint density at radius 2 is 1.64 bits per heavy atom. The summed E-state index contributed by atoms with van der Waals surface area (Å²) in [4.78, 5) is 24.3. The van der Waals surface area contributed by atoms with Gasteiger partial charge >= 0.3 is 0 Å². The first kappa shape index (κ1) is 29.1. The fourth-order valence-corrected chi connectivity index (χ4v) is 6.79. The summed E-state index contributed by atoms with van der Waals surface area (Å²) >= 11 is 7.63. The normalized spacial score (nSPS) is 11.8. The molecule has 4 aromatic rings. The van der Waals surface area contributed by atoms with Gasteiger partial charge in [0.2, 0.25) is 10.0 Å². The van der Waals surface area contributed by atoms with Gasteiger partial charge in [0.25, 0.3) is 5.91 Å². The van der Waals surface area contributed by atoms with Gasteiger partial charge in [-0.15, -0.1) is 0 Å². The number of pyridine rings is 1. The molecule has 0 aliphatic carbocycles. The number of amides is 1. The summed E-state index contributed by atoms with van der Waals surface area (Å²) in [5.74, 6) is -0.311. The molecule has 2 heterocycles. The number of benzene rings is 2. The average molecular weight is 589 g/mol. The molecule has 2 aromatic heterocycles. The number of hydrogen-bond acceptors (Lipinski definition) is 8. The molecule has 206 valence electrons. The number of ether oxygens (including phenoxy) is 2. The van der Waals surface area contributed by atoms with Gasteiger partial charge in [-0.05, 0) is 66.6 Å². The molecule has 0 saturated carbocycles. The van der Waals surface area contributed by atoms with Crippen molar-refractivity contribution in [3.63, 3.8) is 0 Å². The van der Waals surface area contributed by atoms with Gasteiger partial charge in [-0.1, -0.05) is 22.9 Å². The van der Waals surface area contributed by atoms with Crippen LogP contribution in [0.5, 0.6) is 0 Å². The molecule has 0 saturated heterocycles. The number of nitrogens with zero attached hydrogens (tertiary/aromatic N) is 4. The zero-order valence-corrected chi connectivity index (χ0v) is 24.2. The van der Waals surface area contributed by atoms with E-state index in [0.717, 1.165) is 21.3 Å². The van der Waals surface area contributed by atoms with E-state index in [0.29, 0.717) is 15.7 Å². The molecule has 39 heavy (non-hydrogen) atoms. The van der Waals surface area contributed by atoms with Crippen LogP contribution in [0.2, 0.25) is 5.02 Å². The Morgan fingerprint density at radius 3 is 2.26 bits per heavy atom. The molecule has 0 radical (unpaired) electrons. The Kier molecular flexibility index (Phi) is 9.65. The van der Waals surface area contributed by atoms with Crippen LogP contribution in [-0.4, -0.2) is 69.1 Å². The molecule has 9 nitrogen and oxygen atoms in total. The molecule has 0 N–H and O–H groups in total. The molecule has 0 atom stereocenters. The molecule has 0 unspecified atom stereocenters. The number of thiazole rings is 1. The first-order valence-corrected chi connectivity index (χ1v) is 14.7. The van der Waals surface area contributed by atoms with Crippen LogP contribution in [0.25, 0.3) is 10.2 Å². The van der Waals surface area contributed by atoms with Crippen LogP contribution in [-0.2, 0) is 26.0 Å². The number of fused-ring (bicyclic) bond motifs is 1. The largest absolute Gasteiger partial charge is 0.383 e. The highest BCUT2D eigenvalue weighted by molar-refractivity contribution is 7.89. The van der Waals surface area contributed by atoms with Crippen LogP contribution in [0.4, 0.5) is 5.13 Å². The van der Waals surface area contributed by atoms with Gasteiger partial charge in [0.15, 0.2) is 5.13 Å². The van der Waals surface area contributed by atoms with E-state index in [2.05, 4.69) is 4.98 Å². The molecule has 2 aromatic carbocycles. The van der Waals surface area contributed by atoms with Crippen LogP contribution in [0.1, 0.15) is 21.5 Å². The van der Waals surface area contributed by atoms with E-state index in [-0.39, 0.29) is 43.7 Å². The first-order valence-electron chi connectivity index (χ1n) is 12.1. The summed E-state index contributed by atoms with van der Waals surface area (Å²) in [5, 5.41) is 1.11. The fourth-order valence-electron chi connectivity index (χ4n) is 3.97. The second-order valence-corrected chi connectivity index (χ2v) is 12.1. The topological polar surface area (TPSA) is 102 Å². The molecule has 0 bridgehead atoms. The maximum Gasteiger partial charge on any atom is 0.260 e. The fraction of sp³-hybridized carbons (Fsp3) is 0.296. The predicted octanol–water partition coefficient (Wildman–Crippen LogP) is 4.78. The van der Waals surface area contributed by atoms with Gasteiger partial charge in [0.1, 0.15) is 0 Å². The smallest absolute Gasteiger partial charge is 0.260 e. The zero-order chi connectivity index (χ0) is 28.0. The average Bonchev–Trinajstić information content (AvgIpc) is 3.36. The number of halogens is 1. The Balaban J connectivity index is 1.67. The van der Waals surface area contributed by atoms with Crippen LogP contribution < -0.4 is 4.90 Å². The Morgan fingerprint density at radius 1 is 1.00 bits per heavy atom. The number of rotatable bonds is 12. The third-order valence-electron chi connectivity index (χ3n) is 6.03. The lowest BCUT2D eigenvalue weighted by atomic mass is 10.2. The SMILES string of the molecule is COCCN(CCOC)S(=O)(=O)c1ccc(C(=O)N(Cc2ccncc2)c2nc3c(C)cc(Cl)cc3s2)cc1. The molecule has 1 amide bonds. The lowest BCUT2D eigenvalue weighted by Crippen LogP contribution is -2.36. The molecule has 0 aliphatic heterocycles. The Bertz CT molecular complexity index is 1520. The minimum atomic E-state index is -3.82. The minimum absolute atomic E-state index is 0.0807. The highest BCUT2D eigenvalue weighted by Gasteiger charge is 2.26. The van der Waals surface area contributed by atoms with E-state index in [1.807, 2.05) is 31.2 Å². The number of carbonyl (C=O) groups excluding carboxylic acids is 1. The van der Waals surface area contributed by atoms with Gasteiger partial charge in [-0.2, -0.15) is 4.31 Å². The zero-order valence-electron chi connectivity index (χ0n) is 21.8. The van der Waals surface area contributed by atoms with Crippen molar-refractivity contribution in [2.45, 2.75) is 18.4 Å². The number of aromatic nitrogens is 2. The van der Waals surface area contributed by atoms with E-state index in [4.69, 9.17) is 26.1 Å². The second-order valence-electron chi connectivity index (χ2n) is 8.73. The van der Waals surface area contributed by atoms with Crippen molar-refractivity contribution in [1.29, 1.82) is 0 Å². The van der Waals surface area contributed by atoms with Crippen LogP contribution in [0.3, 0.4) is 0 Å². The highest BCUT2D eigenvalue weighted by atomic mass is 35.5. The lowest BCUT2D eigenvalue weighted by molar-refractivity contribution is 0.0985. The van der Waals surface area contributed by atoms with Crippen LogP contribution in [0.15, 0.2) is 65.8 Å². The first-order chi connectivity index (χ1) is 18.7. The molecular weight excluding hydrogens is 560 g/mol. The maximum atomic E-state index is 13.8. The molecule has 4 rings (SSSR count). The van der Waals surface area contributed by atoms with E-state index >= 15 is 0 Å². The quantitative estimate of drug-likeness (QED) is 0.235. The number of sulfonamides is 1. The van der Waals surface area contributed by atoms with Gasteiger partial charge in [0, 0.05) is 50.3 Å². The lowest BCUT2D eigenvalue weighted by Gasteiger charge is -2.22. The van der Waals surface area contributed by atoms with Crippen molar-refractivity contribution in [2.75, 3.05) is 45.4 Å². The maximum absolute atomic E-state index is 13.8. The number of carbonyl (C=O) groups is 1. The van der Waals surface area contributed by atoms with Crippen LogP contribution in [0, 0.1) is 6.92 Å². The Labute approximate surface area is 237 Å². The summed E-state index contributed by atoms with van der Waals surface area (Å²) in [6.07, 6.45) is 3.33. The molecule has 12 heteroatoms. The third kappa shape index (κ3) is 6.81. The standard InChI is InChI=1S/C27H29ClN4O5S2/c1-19-16-22(28)17-24-25(19)30-27(38-24)32(18-20-8-10-29-11-9-20)26(33)21-4-6-23(7-5-21)39(34,35)31(12-14-36-2)13-15-37-3/h4-11,16-17H,12-15,18H2,1-3H3. The minimum Gasteiger partial charge on any atom is -0.383 e. The van der Waals surface area contributed by atoms with Gasteiger partial charge in [-0.25, -0.2) is 13.4 Å². The molecule has 0 spiro atoms. The van der Waals surface area contributed by atoms with Crippen molar-refractivity contribution in [3.05, 3.63) is 82.6 Å². The Hall–Kier alpha value is -2.93. The number of aryl methyl sites for hydroxylation is 1. The van der Waals surface area contributed by atoms with Crippen molar-refractivity contribution < 1.29 is 22.7 Å². The molecular formula is C27H29ClN4O5S2. The summed E-state index contributed by atoms with van der Waals surface area (Å²) in [6, 6.07) is 13.3. The predicted molar refractivity (Wildman–Crippen MR) is 153 cm³/mol. The number of anilines is 1. The second kappa shape index (κ2) is 12.9. The summed E-state index contributed by atoms with van der Waals surface area (Å²) < 4.78 is 38.9. The van der Waals surface area contributed by atoms with Gasteiger partial charge < -0.3 is 9.47 Å². The van der Waals surface area contributed by atoms with E-state index in [1.165, 1.54) is 54.1 Å². The van der Waals surface area contributed by atoms with Crippen molar-refractivity contribution in [3.8, 4) is 0 Å². The third-order valence-corrected chi connectivity index (χ3v) is 9.19. The van der Waals surface area contributed by atoms with Crippen molar-refractivity contribution in [2.24, 2.45) is 0 Å². The summed E-state index contributed by atoms with van der Waals surface area (Å²) in [6.45, 7) is 3.05. The van der Waals surface area contributed by atoms with E-state index < -0.39 is 10.0 Å². The molecule has 0 fully saturated rings. The number of hydrogen-bond donors (Lipinski definition) is 0.